The highest BCUT2D eigenvalue weighted by atomic mass is 31.2. The highest BCUT2D eigenvalue weighted by Crippen LogP contribution is 2.36. The summed E-state index contributed by atoms with van der Waals surface area (Å²) < 4.78 is 23.7. The van der Waals surface area contributed by atoms with Crippen molar-refractivity contribution in [1.82, 2.24) is 4.98 Å². The molecule has 19 heavy (non-hydrogen) atoms. The SMILES string of the molecule is FP(F)c1ccccc1.c1ccc2ncccc2c1. The van der Waals surface area contributed by atoms with E-state index < -0.39 is 8.54 Å². The number of aromatic nitrogens is 1. The Labute approximate surface area is 111 Å². The Morgan fingerprint density at radius 1 is 0.737 bits per heavy atom. The molecule has 0 aliphatic heterocycles. The number of halogens is 2. The first-order valence-corrected chi connectivity index (χ1v) is 6.86. The van der Waals surface area contributed by atoms with Crippen molar-refractivity contribution < 1.29 is 8.39 Å². The number of hydrogen-bond donors (Lipinski definition) is 0. The van der Waals surface area contributed by atoms with E-state index in [0.29, 0.717) is 0 Å². The topological polar surface area (TPSA) is 12.9 Å². The van der Waals surface area contributed by atoms with Crippen LogP contribution < -0.4 is 5.30 Å². The van der Waals surface area contributed by atoms with Gasteiger partial charge in [-0.05, 0) is 24.3 Å². The summed E-state index contributed by atoms with van der Waals surface area (Å²) in [6.07, 6.45) is 1.81. The van der Waals surface area contributed by atoms with E-state index in [1.165, 1.54) is 17.5 Å². The van der Waals surface area contributed by atoms with Crippen molar-refractivity contribution >= 4 is 24.8 Å². The third-order valence-corrected chi connectivity index (χ3v) is 3.15. The number of benzene rings is 2. The van der Waals surface area contributed by atoms with Crippen LogP contribution in [0.2, 0.25) is 0 Å². The van der Waals surface area contributed by atoms with E-state index in [0.717, 1.165) is 5.52 Å². The second-order valence-electron chi connectivity index (χ2n) is 3.76. The van der Waals surface area contributed by atoms with Crippen molar-refractivity contribution in [2.24, 2.45) is 0 Å². The summed E-state index contributed by atoms with van der Waals surface area (Å²) in [7, 11) is -2.90. The highest BCUT2D eigenvalue weighted by Gasteiger charge is 2.04. The number of rotatable bonds is 1. The molecule has 0 aliphatic rings. The van der Waals surface area contributed by atoms with E-state index in [1.54, 1.807) is 18.2 Å². The van der Waals surface area contributed by atoms with E-state index in [1.807, 2.05) is 30.5 Å². The minimum atomic E-state index is -2.90. The Bertz CT molecular complexity index is 564. The fraction of sp³-hybridized carbons (Fsp3) is 0. The highest BCUT2D eigenvalue weighted by molar-refractivity contribution is 7.55. The molecule has 0 atom stereocenters. The van der Waals surface area contributed by atoms with E-state index in [2.05, 4.69) is 17.1 Å². The molecular weight excluding hydrogens is 263 g/mol. The lowest BCUT2D eigenvalue weighted by Crippen LogP contribution is -1.90. The lowest BCUT2D eigenvalue weighted by Gasteiger charge is -1.92. The van der Waals surface area contributed by atoms with Crippen LogP contribution in [-0.2, 0) is 0 Å². The molecule has 0 saturated carbocycles. The minimum Gasteiger partial charge on any atom is -0.256 e. The van der Waals surface area contributed by atoms with Gasteiger partial charge in [-0.25, -0.2) is 0 Å². The molecule has 0 amide bonds. The van der Waals surface area contributed by atoms with Crippen molar-refractivity contribution in [3.8, 4) is 0 Å². The quantitative estimate of drug-likeness (QED) is 0.581. The van der Waals surface area contributed by atoms with Crippen molar-refractivity contribution in [3.63, 3.8) is 0 Å². The molecule has 0 aliphatic carbocycles. The zero-order valence-corrected chi connectivity index (χ0v) is 11.0. The lowest BCUT2D eigenvalue weighted by molar-refractivity contribution is 0.763. The van der Waals surface area contributed by atoms with Crippen molar-refractivity contribution in [3.05, 3.63) is 72.9 Å². The summed E-state index contributed by atoms with van der Waals surface area (Å²) in [4.78, 5) is 4.18. The molecule has 0 unspecified atom stereocenters. The largest absolute Gasteiger partial charge is 0.298 e. The number of para-hydroxylation sites is 1. The van der Waals surface area contributed by atoms with Gasteiger partial charge in [-0.2, -0.15) is 8.39 Å². The summed E-state index contributed by atoms with van der Waals surface area (Å²) >= 11 is 0. The molecule has 0 fully saturated rings. The van der Waals surface area contributed by atoms with Crippen LogP contribution in [0.25, 0.3) is 10.9 Å². The summed E-state index contributed by atoms with van der Waals surface area (Å²) in [6.45, 7) is 0. The van der Waals surface area contributed by atoms with Crippen LogP contribution in [0.5, 0.6) is 0 Å². The molecular formula is C15H12F2NP. The average Bonchev–Trinajstić information content (AvgIpc) is 2.49. The van der Waals surface area contributed by atoms with E-state index in [4.69, 9.17) is 0 Å². The molecule has 0 spiro atoms. The first kappa shape index (κ1) is 13.6. The van der Waals surface area contributed by atoms with Crippen LogP contribution in [-0.4, -0.2) is 4.98 Å². The van der Waals surface area contributed by atoms with Gasteiger partial charge in [-0.1, -0.05) is 42.5 Å². The molecule has 1 nitrogen and oxygen atoms in total. The molecule has 0 saturated heterocycles. The summed E-state index contributed by atoms with van der Waals surface area (Å²) in [6, 6.07) is 19.9. The molecule has 1 aromatic heterocycles. The van der Waals surface area contributed by atoms with Crippen LogP contribution in [0, 0.1) is 0 Å². The molecule has 4 heteroatoms. The predicted molar refractivity (Wildman–Crippen MR) is 77.0 cm³/mol. The van der Waals surface area contributed by atoms with Crippen LogP contribution >= 0.6 is 8.54 Å². The summed E-state index contributed by atoms with van der Waals surface area (Å²) in [5.41, 5.74) is 1.06. The van der Waals surface area contributed by atoms with E-state index in [-0.39, 0.29) is 5.30 Å². The van der Waals surface area contributed by atoms with Crippen molar-refractivity contribution in [2.75, 3.05) is 0 Å². The van der Waals surface area contributed by atoms with Crippen LogP contribution in [0.1, 0.15) is 0 Å². The van der Waals surface area contributed by atoms with Crippen LogP contribution in [0.3, 0.4) is 0 Å². The zero-order chi connectivity index (χ0) is 13.5. The summed E-state index contributed by atoms with van der Waals surface area (Å²) in [5, 5.41) is 1.34. The molecule has 96 valence electrons. The van der Waals surface area contributed by atoms with Gasteiger partial charge in [-0.3, -0.25) is 4.98 Å². The van der Waals surface area contributed by atoms with Gasteiger partial charge >= 0.3 is 0 Å². The Morgan fingerprint density at radius 3 is 2.00 bits per heavy atom. The van der Waals surface area contributed by atoms with Gasteiger partial charge in [0.1, 0.15) is 0 Å². The third kappa shape index (κ3) is 4.08. The summed E-state index contributed by atoms with van der Waals surface area (Å²) in [5.74, 6) is 0. The number of hydrogen-bond acceptors (Lipinski definition) is 1. The number of fused-ring (bicyclic) bond motifs is 1. The maximum atomic E-state index is 11.8. The van der Waals surface area contributed by atoms with Gasteiger partial charge in [0.2, 0.25) is 0 Å². The van der Waals surface area contributed by atoms with E-state index >= 15 is 0 Å². The second kappa shape index (κ2) is 6.91. The van der Waals surface area contributed by atoms with Gasteiger partial charge in [0.15, 0.2) is 0 Å². The van der Waals surface area contributed by atoms with Crippen LogP contribution in [0.15, 0.2) is 72.9 Å². The first-order chi connectivity index (χ1) is 9.27. The Balaban J connectivity index is 0.000000141. The van der Waals surface area contributed by atoms with Gasteiger partial charge in [0.05, 0.1) is 5.52 Å². The van der Waals surface area contributed by atoms with E-state index in [9.17, 15) is 8.39 Å². The van der Waals surface area contributed by atoms with Crippen molar-refractivity contribution in [1.29, 1.82) is 0 Å². The minimum absolute atomic E-state index is 0.146. The molecule has 0 N–H and O–H groups in total. The van der Waals surface area contributed by atoms with Crippen LogP contribution in [0.4, 0.5) is 8.39 Å². The van der Waals surface area contributed by atoms with Gasteiger partial charge in [0.25, 0.3) is 8.54 Å². The molecule has 1 heterocycles. The fourth-order valence-electron chi connectivity index (χ4n) is 1.56. The first-order valence-electron chi connectivity index (χ1n) is 5.74. The number of pyridine rings is 1. The Kier molecular flexibility index (Phi) is 4.93. The predicted octanol–water partition coefficient (Wildman–Crippen LogP) is 4.80. The average molecular weight is 275 g/mol. The van der Waals surface area contributed by atoms with Crippen molar-refractivity contribution in [2.45, 2.75) is 0 Å². The molecule has 3 rings (SSSR count). The molecule has 0 bridgehead atoms. The third-order valence-electron chi connectivity index (χ3n) is 2.46. The van der Waals surface area contributed by atoms with Gasteiger partial charge in [0, 0.05) is 16.9 Å². The second-order valence-corrected chi connectivity index (χ2v) is 4.75. The lowest BCUT2D eigenvalue weighted by atomic mass is 10.2. The fourth-order valence-corrected chi connectivity index (χ4v) is 1.95. The van der Waals surface area contributed by atoms with Gasteiger partial charge < -0.3 is 0 Å². The smallest absolute Gasteiger partial charge is 0.256 e. The monoisotopic (exact) mass is 275 g/mol. The van der Waals surface area contributed by atoms with Gasteiger partial charge in [-0.15, -0.1) is 0 Å². The standard InChI is InChI=1S/C9H7N.C6H5F2P/c1-2-6-9-8(4-1)5-3-7-10-9;7-9(8)6-4-2-1-3-5-6/h1-7H;1-5H. The Hall–Kier alpha value is -1.86. The molecule has 0 radical (unpaired) electrons. The zero-order valence-electron chi connectivity index (χ0n) is 10.1. The maximum Gasteiger partial charge on any atom is 0.298 e. The molecule has 2 aromatic carbocycles. The molecule has 3 aromatic rings. The number of nitrogens with zero attached hydrogens (tertiary/aromatic N) is 1. The maximum absolute atomic E-state index is 11.8. The normalized spacial score (nSPS) is 10.1. The Morgan fingerprint density at radius 2 is 1.37 bits per heavy atom.